The number of benzene rings is 4. The average molecular weight is 582 g/mol. The number of fused-ring (bicyclic) bond motifs is 2. The summed E-state index contributed by atoms with van der Waals surface area (Å²) in [7, 11) is 3.16. The Morgan fingerprint density at radius 1 is 0.857 bits per heavy atom. The monoisotopic (exact) mass is 581 g/mol. The Labute approximate surface area is 247 Å². The molecule has 0 saturated carbocycles. The predicted molar refractivity (Wildman–Crippen MR) is 161 cm³/mol. The Kier molecular flexibility index (Phi) is 7.35. The van der Waals surface area contributed by atoms with E-state index >= 15 is 0 Å². The minimum atomic E-state index is -0.729. The molecule has 212 valence electrons. The zero-order valence-corrected chi connectivity index (χ0v) is 24.1. The minimum Gasteiger partial charge on any atom is -0.497 e. The zero-order valence-electron chi connectivity index (χ0n) is 23.3. The minimum absolute atomic E-state index is 0.0242. The van der Waals surface area contributed by atoms with Crippen LogP contribution in [0.1, 0.15) is 44.4 Å². The fourth-order valence-corrected chi connectivity index (χ4v) is 5.45. The van der Waals surface area contributed by atoms with Crippen molar-refractivity contribution in [2.45, 2.75) is 26.1 Å². The topological polar surface area (TPSA) is 78.2 Å². The SMILES string of the molecule is COc1ccc(CN2C(=O)c3oc4cc(C)c(Cl)cc4c(=O)c3C2c2ccc(OCc3ccccc3)c(OC)c2)cc1. The van der Waals surface area contributed by atoms with Crippen LogP contribution < -0.4 is 19.6 Å². The molecule has 6 rings (SSSR count). The molecule has 0 N–H and O–H groups in total. The van der Waals surface area contributed by atoms with Gasteiger partial charge in [0.15, 0.2) is 16.9 Å². The van der Waals surface area contributed by atoms with Crippen LogP contribution in [-0.4, -0.2) is 25.0 Å². The highest BCUT2D eigenvalue weighted by Gasteiger charge is 2.43. The van der Waals surface area contributed by atoms with E-state index in [1.54, 1.807) is 43.4 Å². The van der Waals surface area contributed by atoms with Crippen LogP contribution in [-0.2, 0) is 13.2 Å². The van der Waals surface area contributed by atoms with Crippen molar-refractivity contribution in [1.29, 1.82) is 0 Å². The number of rotatable bonds is 8. The molecule has 4 aromatic carbocycles. The molecule has 1 aromatic heterocycles. The number of carbonyl (C=O) groups is 1. The van der Waals surface area contributed by atoms with E-state index in [0.717, 1.165) is 16.7 Å². The highest BCUT2D eigenvalue weighted by molar-refractivity contribution is 6.32. The van der Waals surface area contributed by atoms with E-state index in [1.807, 2.05) is 67.6 Å². The van der Waals surface area contributed by atoms with E-state index in [2.05, 4.69) is 0 Å². The number of halogens is 1. The van der Waals surface area contributed by atoms with E-state index in [9.17, 15) is 9.59 Å². The van der Waals surface area contributed by atoms with Crippen molar-refractivity contribution in [2.24, 2.45) is 0 Å². The van der Waals surface area contributed by atoms with Crippen molar-refractivity contribution in [1.82, 2.24) is 4.90 Å². The van der Waals surface area contributed by atoms with Crippen molar-refractivity contribution in [3.05, 3.63) is 134 Å². The Morgan fingerprint density at radius 3 is 2.33 bits per heavy atom. The zero-order chi connectivity index (χ0) is 29.4. The van der Waals surface area contributed by atoms with Crippen molar-refractivity contribution in [3.8, 4) is 17.2 Å². The molecule has 1 atom stereocenters. The second-order valence-corrected chi connectivity index (χ2v) is 10.5. The maximum atomic E-state index is 14.0. The summed E-state index contributed by atoms with van der Waals surface area (Å²) < 4.78 is 23.2. The first-order valence-electron chi connectivity index (χ1n) is 13.4. The first-order valence-corrected chi connectivity index (χ1v) is 13.8. The van der Waals surface area contributed by atoms with Gasteiger partial charge in [0.25, 0.3) is 5.91 Å². The van der Waals surface area contributed by atoms with Crippen molar-refractivity contribution in [3.63, 3.8) is 0 Å². The maximum absolute atomic E-state index is 14.0. The summed E-state index contributed by atoms with van der Waals surface area (Å²) in [5.74, 6) is 1.39. The van der Waals surface area contributed by atoms with Gasteiger partial charge in [-0.05, 0) is 65.6 Å². The lowest BCUT2D eigenvalue weighted by molar-refractivity contribution is 0.0714. The lowest BCUT2D eigenvalue weighted by atomic mass is 9.97. The van der Waals surface area contributed by atoms with Crippen LogP contribution in [0.4, 0.5) is 0 Å². The molecule has 2 heterocycles. The normalized spacial score (nSPS) is 14.2. The van der Waals surface area contributed by atoms with Crippen molar-refractivity contribution in [2.75, 3.05) is 14.2 Å². The third kappa shape index (κ3) is 4.97. The predicted octanol–water partition coefficient (Wildman–Crippen LogP) is 7.10. The molecule has 0 fully saturated rings. The first kappa shape index (κ1) is 27.4. The van der Waals surface area contributed by atoms with Gasteiger partial charge in [-0.3, -0.25) is 9.59 Å². The molecule has 0 bridgehead atoms. The Balaban J connectivity index is 1.45. The van der Waals surface area contributed by atoms with Crippen LogP contribution in [0.15, 0.2) is 94.1 Å². The van der Waals surface area contributed by atoms with Gasteiger partial charge < -0.3 is 23.5 Å². The third-order valence-corrected chi connectivity index (χ3v) is 7.91. The number of hydrogen-bond acceptors (Lipinski definition) is 6. The Hall–Kier alpha value is -4.75. The van der Waals surface area contributed by atoms with Crippen LogP contribution in [0.2, 0.25) is 5.02 Å². The van der Waals surface area contributed by atoms with Gasteiger partial charge in [-0.2, -0.15) is 0 Å². The number of nitrogens with zero attached hydrogens (tertiary/aromatic N) is 1. The maximum Gasteiger partial charge on any atom is 0.291 e. The number of hydrogen-bond donors (Lipinski definition) is 0. The van der Waals surface area contributed by atoms with Gasteiger partial charge in [-0.15, -0.1) is 0 Å². The van der Waals surface area contributed by atoms with Crippen LogP contribution in [0.25, 0.3) is 11.0 Å². The quantitative estimate of drug-likeness (QED) is 0.195. The molecule has 0 spiro atoms. The van der Waals surface area contributed by atoms with Gasteiger partial charge in [0, 0.05) is 11.6 Å². The van der Waals surface area contributed by atoms with Crippen LogP contribution in [0.5, 0.6) is 17.2 Å². The summed E-state index contributed by atoms with van der Waals surface area (Å²) in [6.45, 7) is 2.42. The van der Waals surface area contributed by atoms with E-state index in [0.29, 0.717) is 45.4 Å². The van der Waals surface area contributed by atoms with Crippen molar-refractivity contribution < 1.29 is 23.4 Å². The van der Waals surface area contributed by atoms with Crippen LogP contribution in [0.3, 0.4) is 0 Å². The molecule has 0 radical (unpaired) electrons. The molecule has 1 amide bonds. The summed E-state index contributed by atoms with van der Waals surface area (Å²) >= 11 is 6.39. The molecule has 0 aliphatic carbocycles. The Morgan fingerprint density at radius 2 is 1.62 bits per heavy atom. The van der Waals surface area contributed by atoms with Crippen molar-refractivity contribution >= 4 is 28.5 Å². The van der Waals surface area contributed by atoms with Gasteiger partial charge in [0.05, 0.1) is 31.2 Å². The molecule has 1 unspecified atom stereocenters. The fraction of sp³-hybridized carbons (Fsp3) is 0.176. The lowest BCUT2D eigenvalue weighted by Gasteiger charge is -2.26. The molecule has 1 aliphatic heterocycles. The second-order valence-electron chi connectivity index (χ2n) is 10.1. The smallest absolute Gasteiger partial charge is 0.291 e. The first-order chi connectivity index (χ1) is 20.4. The van der Waals surface area contributed by atoms with Gasteiger partial charge in [0.1, 0.15) is 17.9 Å². The van der Waals surface area contributed by atoms with E-state index < -0.39 is 6.04 Å². The summed E-state index contributed by atoms with van der Waals surface area (Å²) in [5, 5.41) is 0.774. The van der Waals surface area contributed by atoms with Gasteiger partial charge in [-0.1, -0.05) is 60.1 Å². The van der Waals surface area contributed by atoms with Crippen LogP contribution >= 0.6 is 11.6 Å². The standard InChI is InChI=1S/C34H28ClNO6/c1-20-15-28-25(17-26(20)35)32(37)30-31(36(34(38)33(30)42-28)18-21-9-12-24(39-2)13-10-21)23-11-14-27(29(16-23)40-3)41-19-22-7-5-4-6-8-22/h4-17,31H,18-19H2,1-3H3. The molecule has 42 heavy (non-hydrogen) atoms. The molecular weight excluding hydrogens is 554 g/mol. The van der Waals surface area contributed by atoms with Gasteiger partial charge in [0.2, 0.25) is 5.76 Å². The number of methoxy groups -OCH3 is 2. The largest absolute Gasteiger partial charge is 0.497 e. The highest BCUT2D eigenvalue weighted by atomic mass is 35.5. The van der Waals surface area contributed by atoms with Gasteiger partial charge in [-0.25, -0.2) is 0 Å². The molecule has 8 heteroatoms. The lowest BCUT2D eigenvalue weighted by Crippen LogP contribution is -2.29. The molecular formula is C34H28ClNO6. The van der Waals surface area contributed by atoms with E-state index in [-0.39, 0.29) is 29.2 Å². The average Bonchev–Trinajstić information content (AvgIpc) is 3.29. The number of ether oxygens (including phenoxy) is 3. The summed E-state index contributed by atoms with van der Waals surface area (Å²) in [6.07, 6.45) is 0. The summed E-state index contributed by atoms with van der Waals surface area (Å²) in [6, 6.07) is 25.3. The molecule has 5 aromatic rings. The fourth-order valence-electron chi connectivity index (χ4n) is 5.29. The van der Waals surface area contributed by atoms with E-state index in [1.165, 1.54) is 0 Å². The molecule has 0 saturated heterocycles. The summed E-state index contributed by atoms with van der Waals surface area (Å²) in [4.78, 5) is 29.6. The highest BCUT2D eigenvalue weighted by Crippen LogP contribution is 2.42. The number of carbonyl (C=O) groups excluding carboxylic acids is 1. The van der Waals surface area contributed by atoms with E-state index in [4.69, 9.17) is 30.2 Å². The number of aryl methyl sites for hydroxylation is 1. The Bertz CT molecular complexity index is 1850. The molecule has 7 nitrogen and oxygen atoms in total. The van der Waals surface area contributed by atoms with Gasteiger partial charge >= 0.3 is 0 Å². The van der Waals surface area contributed by atoms with Crippen LogP contribution in [0, 0.1) is 6.92 Å². The third-order valence-electron chi connectivity index (χ3n) is 7.50. The summed E-state index contributed by atoms with van der Waals surface area (Å²) in [5.41, 5.74) is 3.61. The molecule has 1 aliphatic rings. The number of amides is 1. The second kappa shape index (κ2) is 11.3.